The summed E-state index contributed by atoms with van der Waals surface area (Å²) in [5.74, 6) is -4.57. The Morgan fingerprint density at radius 2 is 1.61 bits per heavy atom. The van der Waals surface area contributed by atoms with E-state index in [1.54, 1.807) is 23.2 Å². The van der Waals surface area contributed by atoms with Gasteiger partial charge in [-0.2, -0.15) is 0 Å². The summed E-state index contributed by atoms with van der Waals surface area (Å²) in [6.07, 6.45) is 0.879. The Hall–Kier alpha value is -4.25. The number of aromatic hydroxyl groups is 1. The highest BCUT2D eigenvalue weighted by Crippen LogP contribution is 2.40. The smallest absolute Gasteiger partial charge is 0.277 e. The summed E-state index contributed by atoms with van der Waals surface area (Å²) in [6.45, 7) is -0.00435. The summed E-state index contributed by atoms with van der Waals surface area (Å²) in [7, 11) is 1.52. The first kappa shape index (κ1) is 28.3. The molecule has 11 heteroatoms. The fourth-order valence-corrected chi connectivity index (χ4v) is 5.44. The van der Waals surface area contributed by atoms with Crippen LogP contribution in [0.1, 0.15) is 39.6 Å². The van der Waals surface area contributed by atoms with E-state index in [2.05, 4.69) is 15.9 Å². The van der Waals surface area contributed by atoms with Crippen LogP contribution in [-0.4, -0.2) is 39.1 Å². The first-order chi connectivity index (χ1) is 19.7. The fourth-order valence-electron chi connectivity index (χ4n) is 5.03. The maximum atomic E-state index is 15.5. The molecule has 1 aliphatic heterocycles. The molecule has 41 heavy (non-hydrogen) atoms. The quantitative estimate of drug-likeness (QED) is 0.262. The monoisotopic (exact) mass is 627 g/mol. The molecule has 2 heterocycles. The molecule has 0 aliphatic carbocycles. The predicted octanol–water partition coefficient (Wildman–Crippen LogP) is 5.47. The van der Waals surface area contributed by atoms with Gasteiger partial charge in [0.2, 0.25) is 5.43 Å². The molecule has 1 unspecified atom stereocenters. The number of aromatic nitrogens is 1. The zero-order valence-electron chi connectivity index (χ0n) is 21.8. The van der Waals surface area contributed by atoms with Gasteiger partial charge in [-0.15, -0.1) is 0 Å². The molecule has 1 aromatic heterocycles. The third-order valence-electron chi connectivity index (χ3n) is 6.98. The number of fused-ring (bicyclic) bond motifs is 1. The number of pyridine rings is 1. The second-order valence-corrected chi connectivity index (χ2v) is 10.3. The van der Waals surface area contributed by atoms with E-state index in [0.29, 0.717) is 17.8 Å². The number of rotatable bonds is 8. The normalized spacial score (nSPS) is 15.5. The summed E-state index contributed by atoms with van der Waals surface area (Å²) in [5, 5.41) is 12.8. The summed E-state index contributed by atoms with van der Waals surface area (Å²) in [6, 6.07) is 16.1. The van der Waals surface area contributed by atoms with Crippen molar-refractivity contribution in [3.63, 3.8) is 0 Å². The standard InChI is InChI=1S/C30H25BrF3N3O4/c1-35-26(11-13-31)37(27(19-9-5-6-10-21(19)32)20-15-22(33)23(34)16-25(20)39)36-14-12-24(38)29(28(36)30(35)40)41-17-18-7-3-2-4-8-18/h2-10,12,14-16,26-27,39H,11,13,17H2,1H3/t26?,27-/m1/s1. The summed E-state index contributed by atoms with van der Waals surface area (Å²) in [5.41, 5.74) is -0.0487. The number of carbonyl (C=O) groups is 1. The van der Waals surface area contributed by atoms with Gasteiger partial charge in [0.15, 0.2) is 23.1 Å². The van der Waals surface area contributed by atoms with Crippen LogP contribution < -0.4 is 15.2 Å². The van der Waals surface area contributed by atoms with Crippen molar-refractivity contribution in [2.24, 2.45) is 0 Å². The molecule has 1 N–H and O–H groups in total. The summed E-state index contributed by atoms with van der Waals surface area (Å²) >= 11 is 3.41. The topological polar surface area (TPSA) is 75.0 Å². The third-order valence-corrected chi connectivity index (χ3v) is 7.44. The Bertz CT molecular complexity index is 1650. The van der Waals surface area contributed by atoms with Crippen molar-refractivity contribution >= 4 is 21.8 Å². The van der Waals surface area contributed by atoms with Crippen LogP contribution >= 0.6 is 15.9 Å². The third kappa shape index (κ3) is 5.29. The molecule has 0 spiro atoms. The molecule has 3 aromatic carbocycles. The Kier molecular flexibility index (Phi) is 8.07. The van der Waals surface area contributed by atoms with E-state index < -0.39 is 46.7 Å². The minimum absolute atomic E-state index is 0.00435. The molecule has 0 radical (unpaired) electrons. The van der Waals surface area contributed by atoms with Crippen molar-refractivity contribution in [2.45, 2.75) is 25.2 Å². The van der Waals surface area contributed by atoms with Crippen molar-refractivity contribution in [1.82, 2.24) is 9.58 Å². The lowest BCUT2D eigenvalue weighted by atomic mass is 9.95. The number of nitrogens with zero attached hydrogens (tertiary/aromatic N) is 3. The Morgan fingerprint density at radius 1 is 0.927 bits per heavy atom. The molecule has 212 valence electrons. The predicted molar refractivity (Wildman–Crippen MR) is 150 cm³/mol. The van der Waals surface area contributed by atoms with E-state index in [1.165, 1.54) is 47.1 Å². The summed E-state index contributed by atoms with van der Waals surface area (Å²) in [4.78, 5) is 28.2. The molecular weight excluding hydrogens is 603 g/mol. The Labute approximate surface area is 242 Å². The van der Waals surface area contributed by atoms with Gasteiger partial charge in [-0.05, 0) is 24.1 Å². The van der Waals surface area contributed by atoms with Crippen LogP contribution in [0.4, 0.5) is 13.2 Å². The van der Waals surface area contributed by atoms with E-state index >= 15 is 4.39 Å². The molecule has 0 saturated heterocycles. The molecule has 1 aliphatic rings. The highest BCUT2D eigenvalue weighted by atomic mass is 79.9. The summed E-state index contributed by atoms with van der Waals surface area (Å²) < 4.78 is 51.4. The van der Waals surface area contributed by atoms with Crippen LogP contribution in [0.3, 0.4) is 0 Å². The van der Waals surface area contributed by atoms with Crippen molar-refractivity contribution in [2.75, 3.05) is 17.4 Å². The van der Waals surface area contributed by atoms with E-state index in [4.69, 9.17) is 4.74 Å². The molecule has 0 saturated carbocycles. The average molecular weight is 628 g/mol. The molecule has 1 amide bonds. The molecule has 0 fully saturated rings. The number of phenolic OH excluding ortho intramolecular Hbond substituents is 1. The van der Waals surface area contributed by atoms with Crippen molar-refractivity contribution in [3.8, 4) is 11.5 Å². The number of amides is 1. The number of benzene rings is 3. The minimum atomic E-state index is -1.28. The van der Waals surface area contributed by atoms with Crippen molar-refractivity contribution in [1.29, 1.82) is 0 Å². The van der Waals surface area contributed by atoms with Gasteiger partial charge in [0.05, 0.1) is 0 Å². The highest BCUT2D eigenvalue weighted by molar-refractivity contribution is 9.09. The largest absolute Gasteiger partial charge is 0.507 e. The van der Waals surface area contributed by atoms with E-state index in [-0.39, 0.29) is 29.2 Å². The lowest BCUT2D eigenvalue weighted by molar-refractivity contribution is 0.0609. The van der Waals surface area contributed by atoms with E-state index in [9.17, 15) is 23.5 Å². The minimum Gasteiger partial charge on any atom is -0.507 e. The number of ether oxygens (including phenoxy) is 1. The maximum absolute atomic E-state index is 15.5. The van der Waals surface area contributed by atoms with Crippen LogP contribution in [0.2, 0.25) is 0 Å². The van der Waals surface area contributed by atoms with Crippen LogP contribution in [0.25, 0.3) is 0 Å². The second-order valence-electron chi connectivity index (χ2n) is 9.48. The maximum Gasteiger partial charge on any atom is 0.277 e. The van der Waals surface area contributed by atoms with Gasteiger partial charge in [-0.1, -0.05) is 64.5 Å². The van der Waals surface area contributed by atoms with Gasteiger partial charge in [-0.3, -0.25) is 19.3 Å². The Morgan fingerprint density at radius 3 is 2.32 bits per heavy atom. The first-order valence-electron chi connectivity index (χ1n) is 12.7. The fraction of sp³-hybridized carbons (Fsp3) is 0.200. The zero-order valence-corrected chi connectivity index (χ0v) is 23.4. The van der Waals surface area contributed by atoms with E-state index in [1.807, 2.05) is 18.2 Å². The highest BCUT2D eigenvalue weighted by Gasteiger charge is 2.43. The van der Waals surface area contributed by atoms with Crippen molar-refractivity contribution < 1.29 is 27.8 Å². The van der Waals surface area contributed by atoms with Gasteiger partial charge in [0.1, 0.15) is 30.4 Å². The van der Waals surface area contributed by atoms with Gasteiger partial charge < -0.3 is 14.7 Å². The Balaban J connectivity index is 1.77. The van der Waals surface area contributed by atoms with Crippen LogP contribution in [0.5, 0.6) is 11.5 Å². The molecule has 5 rings (SSSR count). The number of phenols is 1. The molecular formula is C30H25BrF3N3O4. The number of alkyl halides is 1. The molecule has 7 nitrogen and oxygen atoms in total. The van der Waals surface area contributed by atoms with Crippen LogP contribution in [-0.2, 0) is 6.61 Å². The molecule has 4 aromatic rings. The van der Waals surface area contributed by atoms with Gasteiger partial charge in [0.25, 0.3) is 5.91 Å². The van der Waals surface area contributed by atoms with Gasteiger partial charge in [0, 0.05) is 41.8 Å². The number of halogens is 4. The lowest BCUT2D eigenvalue weighted by Crippen LogP contribution is -2.61. The van der Waals surface area contributed by atoms with E-state index in [0.717, 1.165) is 11.6 Å². The number of hydrogen-bond acceptors (Lipinski definition) is 5. The van der Waals surface area contributed by atoms with Crippen LogP contribution in [0, 0.1) is 17.5 Å². The number of hydrogen-bond donors (Lipinski definition) is 1. The zero-order chi connectivity index (χ0) is 29.3. The lowest BCUT2D eigenvalue weighted by Gasteiger charge is -2.49. The molecule has 0 bridgehead atoms. The molecule has 2 atom stereocenters. The van der Waals surface area contributed by atoms with Crippen molar-refractivity contribution in [3.05, 3.63) is 129 Å². The SMILES string of the molecule is CN1C(=O)c2c(OCc3ccccc3)c(=O)ccn2N([C@@H](c2cc(F)c(F)cc2O)c2ccccc2F)C1CCBr. The second kappa shape index (κ2) is 11.7. The van der Waals surface area contributed by atoms with Gasteiger partial charge >= 0.3 is 0 Å². The average Bonchev–Trinajstić information content (AvgIpc) is 2.96. The first-order valence-corrected chi connectivity index (χ1v) is 13.8. The van der Waals surface area contributed by atoms with Gasteiger partial charge in [-0.25, -0.2) is 13.2 Å². The van der Waals surface area contributed by atoms with Crippen LogP contribution in [0.15, 0.2) is 83.8 Å². The number of carbonyl (C=O) groups excluding carboxylic acids is 1.